The predicted octanol–water partition coefficient (Wildman–Crippen LogP) is 0.573. The summed E-state index contributed by atoms with van der Waals surface area (Å²) >= 11 is 0. The van der Waals surface area contributed by atoms with Gasteiger partial charge in [-0.1, -0.05) is 38.5 Å². The SMILES string of the molecule is [Br-].[CH2-]CCCCCCCCCC(OC)OC.[Mg+2]. The number of methoxy groups -OCH3 is 2. The Hall–Kier alpha value is 1.17. The first kappa shape index (κ1) is 23.3. The smallest absolute Gasteiger partial charge is 1.00 e. The molecule has 0 atom stereocenters. The van der Waals surface area contributed by atoms with E-state index in [1.54, 1.807) is 14.2 Å². The molecule has 0 aromatic carbocycles. The summed E-state index contributed by atoms with van der Waals surface area (Å²) in [6.45, 7) is 3.84. The van der Waals surface area contributed by atoms with Gasteiger partial charge in [-0.3, -0.25) is 0 Å². The topological polar surface area (TPSA) is 18.5 Å². The summed E-state index contributed by atoms with van der Waals surface area (Å²) in [7, 11) is 3.40. The second-order valence-corrected chi connectivity index (χ2v) is 4.02. The van der Waals surface area contributed by atoms with Gasteiger partial charge in [-0.2, -0.15) is 6.42 Å². The second-order valence-electron chi connectivity index (χ2n) is 4.02. The molecule has 0 aliphatic heterocycles. The fourth-order valence-electron chi connectivity index (χ4n) is 1.70. The molecule has 0 fully saturated rings. The Kier molecular flexibility index (Phi) is 26.7. The van der Waals surface area contributed by atoms with Gasteiger partial charge < -0.3 is 33.4 Å². The van der Waals surface area contributed by atoms with E-state index in [1.165, 1.54) is 44.9 Å². The molecule has 4 heteroatoms. The molecule has 0 aliphatic carbocycles. The largest absolute Gasteiger partial charge is 2.00 e. The molecule has 0 saturated heterocycles. The first-order valence-corrected chi connectivity index (χ1v) is 6.20. The maximum Gasteiger partial charge on any atom is 2.00 e. The van der Waals surface area contributed by atoms with Crippen molar-refractivity contribution in [1.29, 1.82) is 0 Å². The molecule has 100 valence electrons. The van der Waals surface area contributed by atoms with E-state index in [4.69, 9.17) is 9.47 Å². The third-order valence-corrected chi connectivity index (χ3v) is 2.72. The first-order chi connectivity index (χ1) is 7.35. The zero-order valence-corrected chi connectivity index (χ0v) is 14.6. The average molecular weight is 320 g/mol. The average Bonchev–Trinajstić information content (AvgIpc) is 2.27. The summed E-state index contributed by atoms with van der Waals surface area (Å²) in [5, 5.41) is 0. The van der Waals surface area contributed by atoms with Crippen LogP contribution in [0, 0.1) is 6.92 Å². The zero-order valence-electron chi connectivity index (χ0n) is 11.5. The van der Waals surface area contributed by atoms with Gasteiger partial charge in [-0.15, -0.1) is 0 Å². The van der Waals surface area contributed by atoms with Crippen molar-refractivity contribution in [2.24, 2.45) is 0 Å². The molecule has 0 amide bonds. The van der Waals surface area contributed by atoms with Crippen LogP contribution in [0.3, 0.4) is 0 Å². The van der Waals surface area contributed by atoms with Crippen LogP contribution in [0.25, 0.3) is 0 Å². The monoisotopic (exact) mass is 318 g/mol. The van der Waals surface area contributed by atoms with Crippen molar-refractivity contribution in [3.05, 3.63) is 6.92 Å². The number of hydrogen-bond acceptors (Lipinski definition) is 2. The molecule has 17 heavy (non-hydrogen) atoms. The molecule has 0 radical (unpaired) electrons. The molecule has 0 N–H and O–H groups in total. The number of hydrogen-bond donors (Lipinski definition) is 0. The Labute approximate surface area is 134 Å². The van der Waals surface area contributed by atoms with E-state index in [0.29, 0.717) is 0 Å². The van der Waals surface area contributed by atoms with Gasteiger partial charge in [-0.25, -0.2) is 0 Å². The number of unbranched alkanes of at least 4 members (excludes halogenated alkanes) is 7. The number of rotatable bonds is 11. The maximum atomic E-state index is 5.13. The zero-order chi connectivity index (χ0) is 11.4. The number of halogens is 1. The molecule has 0 rings (SSSR count). The van der Waals surface area contributed by atoms with Gasteiger partial charge in [0.2, 0.25) is 0 Å². The van der Waals surface area contributed by atoms with Crippen LogP contribution in [-0.2, 0) is 9.47 Å². The van der Waals surface area contributed by atoms with Crippen molar-refractivity contribution in [3.8, 4) is 0 Å². The van der Waals surface area contributed by atoms with Crippen molar-refractivity contribution in [2.75, 3.05) is 14.2 Å². The number of ether oxygens (including phenoxy) is 2. The van der Waals surface area contributed by atoms with E-state index in [1.807, 2.05) is 0 Å². The molecule has 0 heterocycles. The second kappa shape index (κ2) is 19.5. The fraction of sp³-hybridized carbons (Fsp3) is 0.923. The van der Waals surface area contributed by atoms with Gasteiger partial charge in [0.05, 0.1) is 0 Å². The van der Waals surface area contributed by atoms with E-state index in [-0.39, 0.29) is 46.3 Å². The summed E-state index contributed by atoms with van der Waals surface area (Å²) in [6.07, 6.45) is 11.3. The molecular formula is C13H27BrMgO2. The van der Waals surface area contributed by atoms with Crippen LogP contribution >= 0.6 is 0 Å². The van der Waals surface area contributed by atoms with Crippen LogP contribution in [0.1, 0.15) is 57.8 Å². The predicted molar refractivity (Wildman–Crippen MR) is 70.5 cm³/mol. The van der Waals surface area contributed by atoms with Crippen molar-refractivity contribution in [1.82, 2.24) is 0 Å². The van der Waals surface area contributed by atoms with Crippen LogP contribution in [0.4, 0.5) is 0 Å². The third-order valence-electron chi connectivity index (χ3n) is 2.72. The summed E-state index contributed by atoms with van der Waals surface area (Å²) in [6, 6.07) is 0. The van der Waals surface area contributed by atoms with Crippen molar-refractivity contribution in [2.45, 2.75) is 64.1 Å². The van der Waals surface area contributed by atoms with E-state index in [0.717, 1.165) is 12.8 Å². The fourth-order valence-corrected chi connectivity index (χ4v) is 1.70. The van der Waals surface area contributed by atoms with Gasteiger partial charge in [0.1, 0.15) is 0 Å². The Morgan fingerprint density at radius 3 is 1.65 bits per heavy atom. The van der Waals surface area contributed by atoms with Crippen LogP contribution in [-0.4, -0.2) is 43.6 Å². The van der Waals surface area contributed by atoms with E-state index < -0.39 is 0 Å². The van der Waals surface area contributed by atoms with Gasteiger partial charge in [-0.05, 0) is 12.8 Å². The normalized spacial score (nSPS) is 9.88. The van der Waals surface area contributed by atoms with Gasteiger partial charge in [0, 0.05) is 14.2 Å². The van der Waals surface area contributed by atoms with E-state index >= 15 is 0 Å². The quantitative estimate of drug-likeness (QED) is 0.240. The molecular weight excluding hydrogens is 292 g/mol. The van der Waals surface area contributed by atoms with Gasteiger partial charge >= 0.3 is 23.1 Å². The van der Waals surface area contributed by atoms with Crippen LogP contribution in [0.2, 0.25) is 0 Å². The molecule has 0 aromatic rings. The standard InChI is InChI=1S/C13H27O2.BrH.Mg/c1-4-5-6-7-8-9-10-11-12-13(14-2)15-3;;/h13H,1,4-12H2,2-3H3;1H;/q-1;;+2/p-1. The molecule has 0 aromatic heterocycles. The Morgan fingerprint density at radius 1 is 0.824 bits per heavy atom. The summed E-state index contributed by atoms with van der Waals surface area (Å²) < 4.78 is 10.3. The van der Waals surface area contributed by atoms with Crippen molar-refractivity contribution < 1.29 is 26.5 Å². The van der Waals surface area contributed by atoms with Crippen molar-refractivity contribution in [3.63, 3.8) is 0 Å². The maximum absolute atomic E-state index is 5.13. The van der Waals surface area contributed by atoms with Gasteiger partial charge in [0.15, 0.2) is 6.29 Å². The molecule has 2 nitrogen and oxygen atoms in total. The Bertz CT molecular complexity index is 122. The van der Waals surface area contributed by atoms with Crippen molar-refractivity contribution >= 4 is 23.1 Å². The minimum Gasteiger partial charge on any atom is -1.00 e. The first-order valence-electron chi connectivity index (χ1n) is 6.20. The molecule has 0 aliphatic rings. The molecule has 0 spiro atoms. The minimum atomic E-state index is -0.00355. The molecule has 0 bridgehead atoms. The summed E-state index contributed by atoms with van der Waals surface area (Å²) in [4.78, 5) is 0. The van der Waals surface area contributed by atoms with Crippen LogP contribution in [0.15, 0.2) is 0 Å². The summed E-state index contributed by atoms with van der Waals surface area (Å²) in [5.41, 5.74) is 0. The third kappa shape index (κ3) is 17.2. The minimum absolute atomic E-state index is 0. The molecule has 0 saturated carbocycles. The molecule has 0 unspecified atom stereocenters. The van der Waals surface area contributed by atoms with Gasteiger partial charge in [0.25, 0.3) is 0 Å². The van der Waals surface area contributed by atoms with Crippen LogP contribution < -0.4 is 17.0 Å². The summed E-state index contributed by atoms with van der Waals surface area (Å²) in [5.74, 6) is 0. The van der Waals surface area contributed by atoms with E-state index in [9.17, 15) is 0 Å². The Morgan fingerprint density at radius 2 is 1.24 bits per heavy atom. The Balaban J connectivity index is -0.000000980. The van der Waals surface area contributed by atoms with Crippen LogP contribution in [0.5, 0.6) is 0 Å². The van der Waals surface area contributed by atoms with E-state index in [2.05, 4.69) is 6.92 Å².